The Labute approximate surface area is 285 Å². The minimum Gasteiger partial charge on any atom is -0.454 e. The molecule has 12 atom stereocenters. The molecule has 0 radical (unpaired) electrons. The maximum Gasteiger partial charge on any atom is 0.311 e. The van der Waals surface area contributed by atoms with Crippen LogP contribution in [0.1, 0.15) is 44.5 Å². The van der Waals surface area contributed by atoms with Crippen molar-refractivity contribution in [2.24, 2.45) is 10.5 Å². The molecule has 264 valence electrons. The van der Waals surface area contributed by atoms with Crippen molar-refractivity contribution in [1.82, 2.24) is 0 Å². The van der Waals surface area contributed by atoms with Crippen LogP contribution in [0, 0.1) is 5.41 Å². The third-order valence-corrected chi connectivity index (χ3v) is 8.71. The molecular formula is C35H43N3O11. The number of benzene rings is 2. The van der Waals surface area contributed by atoms with Gasteiger partial charge in [-0.25, -0.2) is 0 Å². The molecule has 6 rings (SSSR count). The highest BCUT2D eigenvalue weighted by Crippen LogP contribution is 2.41. The zero-order valence-electron chi connectivity index (χ0n) is 27.9. The lowest BCUT2D eigenvalue weighted by atomic mass is 9.93. The van der Waals surface area contributed by atoms with Gasteiger partial charge in [-0.15, -0.1) is 6.58 Å². The molecule has 4 saturated heterocycles. The largest absolute Gasteiger partial charge is 0.454 e. The predicted molar refractivity (Wildman–Crippen MR) is 171 cm³/mol. The van der Waals surface area contributed by atoms with E-state index < -0.39 is 85.3 Å². The van der Waals surface area contributed by atoms with Crippen LogP contribution in [0.15, 0.2) is 78.4 Å². The number of carbonyl (C=O) groups excluding carboxylic acids is 1. The molecule has 4 fully saturated rings. The minimum atomic E-state index is -1.25. The van der Waals surface area contributed by atoms with E-state index in [1.54, 1.807) is 26.8 Å². The van der Waals surface area contributed by atoms with Crippen molar-refractivity contribution in [2.75, 3.05) is 26.9 Å². The summed E-state index contributed by atoms with van der Waals surface area (Å²) in [4.78, 5) is 16.6. The van der Waals surface area contributed by atoms with Gasteiger partial charge in [-0.3, -0.25) is 4.79 Å². The second kappa shape index (κ2) is 15.7. The van der Waals surface area contributed by atoms with Gasteiger partial charge in [0, 0.05) is 23.1 Å². The monoisotopic (exact) mass is 681 g/mol. The third-order valence-electron chi connectivity index (χ3n) is 8.71. The molecule has 0 bridgehead atoms. The van der Waals surface area contributed by atoms with E-state index in [1.165, 1.54) is 7.11 Å². The number of ether oxygens (including phenoxy) is 10. The molecule has 0 spiro atoms. The van der Waals surface area contributed by atoms with Crippen molar-refractivity contribution < 1.29 is 52.2 Å². The summed E-state index contributed by atoms with van der Waals surface area (Å²) >= 11 is 0. The molecule has 14 nitrogen and oxygen atoms in total. The molecule has 0 amide bonds. The molecule has 2 aromatic carbocycles. The summed E-state index contributed by atoms with van der Waals surface area (Å²) in [6.07, 6.45) is -8.02. The maximum absolute atomic E-state index is 13.5. The third kappa shape index (κ3) is 7.84. The van der Waals surface area contributed by atoms with Crippen LogP contribution in [0.3, 0.4) is 0 Å². The highest BCUT2D eigenvalue weighted by atomic mass is 16.8. The number of nitrogens with zero attached hydrogens (tertiary/aromatic N) is 3. The minimum absolute atomic E-state index is 0.124. The smallest absolute Gasteiger partial charge is 0.311 e. The lowest BCUT2D eigenvalue weighted by Crippen LogP contribution is -2.67. The molecule has 49 heavy (non-hydrogen) atoms. The van der Waals surface area contributed by atoms with E-state index in [0.29, 0.717) is 0 Å². The Balaban J connectivity index is 1.35. The normalized spacial score (nSPS) is 36.0. The molecule has 4 heterocycles. The number of hydrogen-bond acceptors (Lipinski definition) is 12. The van der Waals surface area contributed by atoms with Crippen LogP contribution in [0.4, 0.5) is 0 Å². The van der Waals surface area contributed by atoms with Gasteiger partial charge in [-0.05, 0) is 26.3 Å². The van der Waals surface area contributed by atoms with Crippen LogP contribution in [-0.4, -0.2) is 94.2 Å². The zero-order chi connectivity index (χ0) is 34.5. The predicted octanol–water partition coefficient (Wildman–Crippen LogP) is 4.90. The molecule has 14 heteroatoms. The molecule has 4 aliphatic rings. The first-order valence-electron chi connectivity index (χ1n) is 16.3. The molecule has 0 saturated carbocycles. The van der Waals surface area contributed by atoms with E-state index in [1.807, 2.05) is 60.7 Å². The van der Waals surface area contributed by atoms with Gasteiger partial charge in [0.1, 0.15) is 42.7 Å². The van der Waals surface area contributed by atoms with Crippen molar-refractivity contribution >= 4 is 5.97 Å². The Kier molecular flexibility index (Phi) is 11.3. The van der Waals surface area contributed by atoms with E-state index in [2.05, 4.69) is 16.6 Å². The second-order valence-electron chi connectivity index (χ2n) is 13.2. The Morgan fingerprint density at radius 3 is 1.94 bits per heavy atom. The van der Waals surface area contributed by atoms with Gasteiger partial charge < -0.3 is 47.4 Å². The van der Waals surface area contributed by atoms with Crippen molar-refractivity contribution in [2.45, 2.75) is 94.7 Å². The first-order chi connectivity index (χ1) is 23.7. The van der Waals surface area contributed by atoms with Crippen LogP contribution in [0.2, 0.25) is 0 Å². The molecular weight excluding hydrogens is 638 g/mol. The molecule has 2 aromatic rings. The van der Waals surface area contributed by atoms with E-state index >= 15 is 0 Å². The highest BCUT2D eigenvalue weighted by molar-refractivity contribution is 5.75. The van der Waals surface area contributed by atoms with E-state index in [-0.39, 0.29) is 19.8 Å². The summed E-state index contributed by atoms with van der Waals surface area (Å²) in [7, 11) is 1.44. The topological polar surface area (TPSA) is 158 Å². The summed E-state index contributed by atoms with van der Waals surface area (Å²) in [5.41, 5.74) is 10.3. The van der Waals surface area contributed by atoms with Crippen molar-refractivity contribution in [3.8, 4) is 0 Å². The summed E-state index contributed by atoms with van der Waals surface area (Å²) in [5.74, 6) is -0.510. The quantitative estimate of drug-likeness (QED) is 0.110. The summed E-state index contributed by atoms with van der Waals surface area (Å²) in [5, 5.41) is 4.02. The summed E-state index contributed by atoms with van der Waals surface area (Å²) in [6, 6.07) is 17.9. The molecule has 0 aromatic heterocycles. The average Bonchev–Trinajstić information content (AvgIpc) is 3.12. The Morgan fingerprint density at radius 1 is 0.878 bits per heavy atom. The Bertz CT molecular complexity index is 1450. The number of esters is 1. The first kappa shape index (κ1) is 35.4. The van der Waals surface area contributed by atoms with Gasteiger partial charge in [0.25, 0.3) is 0 Å². The fourth-order valence-electron chi connectivity index (χ4n) is 6.26. The zero-order valence-corrected chi connectivity index (χ0v) is 27.9. The second-order valence-corrected chi connectivity index (χ2v) is 13.2. The van der Waals surface area contributed by atoms with Gasteiger partial charge in [0.15, 0.2) is 31.3 Å². The van der Waals surface area contributed by atoms with Crippen LogP contribution >= 0.6 is 0 Å². The summed E-state index contributed by atoms with van der Waals surface area (Å²) in [6.45, 7) is 9.44. The van der Waals surface area contributed by atoms with Gasteiger partial charge in [0.05, 0.1) is 25.2 Å². The standard InChI is InChI=1S/C35H43N3O11/c1-6-17-41-28-26-23(19-43-31(47-26)21-15-11-8-12-16-21)45-33(29(28)49-34(39)35(2,3)4)48-27-24(37-38-36)32(40-5)44-22-18-42-30(46-25(22)27)20-13-9-7-10-14-20/h6-16,22-33H,1,17-19H2,2-5H3/t22-,23-,24-,25+,26+,27-,28+,29-,30?,31?,32+,33+/m1/s1. The fourth-order valence-corrected chi connectivity index (χ4v) is 6.26. The summed E-state index contributed by atoms with van der Waals surface area (Å²) < 4.78 is 62.6. The number of azide groups is 1. The molecule has 4 aliphatic heterocycles. The lowest BCUT2D eigenvalue weighted by Gasteiger charge is -2.52. The highest BCUT2D eigenvalue weighted by Gasteiger charge is 2.57. The SMILES string of the molecule is C=CCO[C@H]1[C@H]2OC(c3ccccc3)OC[C@H]2O[C@@H](O[C@@H]2[C@@H](N=[N+]=[N-])[C@@H](OC)O[C@@H]3COC(c4ccccc4)O[C@H]23)[C@@H]1OC(=O)C(C)(C)C. The molecule has 2 unspecified atom stereocenters. The lowest BCUT2D eigenvalue weighted by molar-refractivity contribution is -0.394. The maximum atomic E-state index is 13.5. The van der Waals surface area contributed by atoms with Crippen LogP contribution in [-0.2, 0) is 52.2 Å². The van der Waals surface area contributed by atoms with E-state index in [9.17, 15) is 10.3 Å². The first-order valence-corrected chi connectivity index (χ1v) is 16.3. The van der Waals surface area contributed by atoms with Gasteiger partial charge in [-0.1, -0.05) is 71.9 Å². The number of rotatable bonds is 10. The number of methoxy groups -OCH3 is 1. The number of fused-ring (bicyclic) bond motifs is 2. The van der Waals surface area contributed by atoms with Gasteiger partial charge >= 0.3 is 5.97 Å². The van der Waals surface area contributed by atoms with E-state index in [0.717, 1.165) is 11.1 Å². The van der Waals surface area contributed by atoms with Crippen LogP contribution in [0.5, 0.6) is 0 Å². The number of carbonyl (C=O) groups is 1. The van der Waals surface area contributed by atoms with Crippen molar-refractivity contribution in [3.63, 3.8) is 0 Å². The van der Waals surface area contributed by atoms with Gasteiger partial charge in [0.2, 0.25) is 0 Å². The Morgan fingerprint density at radius 2 is 1.43 bits per heavy atom. The molecule has 0 aliphatic carbocycles. The Hall–Kier alpha value is -3.40. The van der Waals surface area contributed by atoms with Crippen LogP contribution < -0.4 is 0 Å². The number of hydrogen-bond donors (Lipinski definition) is 0. The fraction of sp³-hybridized carbons (Fsp3) is 0.571. The molecule has 0 N–H and O–H groups in total. The van der Waals surface area contributed by atoms with Crippen molar-refractivity contribution in [3.05, 3.63) is 94.9 Å². The average molecular weight is 682 g/mol. The van der Waals surface area contributed by atoms with Crippen LogP contribution in [0.25, 0.3) is 10.4 Å². The van der Waals surface area contributed by atoms with Crippen molar-refractivity contribution in [1.29, 1.82) is 0 Å². The van der Waals surface area contributed by atoms with Gasteiger partial charge in [-0.2, -0.15) is 0 Å². The van der Waals surface area contributed by atoms with E-state index in [4.69, 9.17) is 47.4 Å².